The maximum Gasteiger partial charge on any atom is 0.00104 e. The maximum absolute atomic E-state index is 3.59. The minimum Gasteiger partial charge on any atom is -0.314 e. The van der Waals surface area contributed by atoms with Gasteiger partial charge < -0.3 is 5.32 Å². The zero-order valence-corrected chi connectivity index (χ0v) is 12.3. The molecule has 100 valence electrons. The summed E-state index contributed by atoms with van der Waals surface area (Å²) in [6, 6.07) is 7.60. The monoisotopic (exact) mass is 245 g/mol. The van der Waals surface area contributed by atoms with Crippen LogP contribution < -0.4 is 5.32 Å². The highest BCUT2D eigenvalue weighted by atomic mass is 14.9. The number of nitrogens with one attached hydrogen (secondary N) is 1. The maximum atomic E-state index is 3.59. The summed E-state index contributed by atoms with van der Waals surface area (Å²) in [7, 11) is 0. The third kappa shape index (κ3) is 3.58. The van der Waals surface area contributed by atoms with Crippen molar-refractivity contribution in [3.05, 3.63) is 34.9 Å². The normalized spacial score (nSPS) is 23.2. The molecule has 1 aliphatic carbocycles. The lowest BCUT2D eigenvalue weighted by atomic mass is 9.70. The Morgan fingerprint density at radius 1 is 1.06 bits per heavy atom. The molecule has 2 unspecified atom stereocenters. The Bertz CT molecular complexity index is 374. The molecule has 1 nitrogen and oxygen atoms in total. The van der Waals surface area contributed by atoms with Crippen molar-refractivity contribution in [1.82, 2.24) is 5.32 Å². The predicted octanol–water partition coefficient (Wildman–Crippen LogP) is 3.87. The van der Waals surface area contributed by atoms with Gasteiger partial charge in [0.15, 0.2) is 0 Å². The van der Waals surface area contributed by atoms with Crippen molar-refractivity contribution in [2.24, 2.45) is 11.8 Å². The average Bonchev–Trinajstić information content (AvgIpc) is 2.23. The van der Waals surface area contributed by atoms with E-state index >= 15 is 0 Å². The van der Waals surface area contributed by atoms with E-state index in [0.29, 0.717) is 6.04 Å². The van der Waals surface area contributed by atoms with Crippen molar-refractivity contribution in [2.45, 2.75) is 53.0 Å². The van der Waals surface area contributed by atoms with Crippen molar-refractivity contribution >= 4 is 0 Å². The van der Waals surface area contributed by atoms with Crippen LogP contribution in [0, 0.1) is 25.7 Å². The second-order valence-corrected chi connectivity index (χ2v) is 6.36. The summed E-state index contributed by atoms with van der Waals surface area (Å²) in [5, 5.41) is 3.59. The fourth-order valence-electron chi connectivity index (χ4n) is 3.05. The molecule has 1 saturated carbocycles. The molecule has 1 aromatic carbocycles. The highest BCUT2D eigenvalue weighted by molar-refractivity contribution is 5.29. The Morgan fingerprint density at radius 2 is 1.67 bits per heavy atom. The van der Waals surface area contributed by atoms with Crippen LogP contribution in [0.3, 0.4) is 0 Å². The van der Waals surface area contributed by atoms with Gasteiger partial charge in [0.25, 0.3) is 0 Å². The van der Waals surface area contributed by atoms with Crippen LogP contribution in [0.4, 0.5) is 0 Å². The van der Waals surface area contributed by atoms with Gasteiger partial charge in [0.1, 0.15) is 0 Å². The summed E-state index contributed by atoms with van der Waals surface area (Å²) in [6.45, 7) is 10.1. The highest BCUT2D eigenvalue weighted by Crippen LogP contribution is 2.36. The molecule has 1 fully saturated rings. The molecule has 1 aromatic rings. The van der Waals surface area contributed by atoms with Crippen molar-refractivity contribution < 1.29 is 0 Å². The molecule has 0 heterocycles. The molecular formula is C17H27N. The third-order valence-electron chi connectivity index (χ3n) is 4.14. The SMILES string of the molecule is Cc1cc(C)cc(CC2CCC2CNC(C)C)c1. The zero-order chi connectivity index (χ0) is 13.1. The number of aryl methyl sites for hydroxylation is 2. The molecule has 2 atom stereocenters. The fourth-order valence-corrected chi connectivity index (χ4v) is 3.05. The summed E-state index contributed by atoms with van der Waals surface area (Å²) in [4.78, 5) is 0. The van der Waals surface area contributed by atoms with Crippen molar-refractivity contribution in [2.75, 3.05) is 6.54 Å². The van der Waals surface area contributed by atoms with E-state index in [1.54, 1.807) is 0 Å². The van der Waals surface area contributed by atoms with Crippen molar-refractivity contribution in [3.8, 4) is 0 Å². The smallest absolute Gasteiger partial charge is 0.00104 e. The van der Waals surface area contributed by atoms with E-state index in [1.165, 1.54) is 42.5 Å². The summed E-state index contributed by atoms with van der Waals surface area (Å²) in [6.07, 6.45) is 4.10. The summed E-state index contributed by atoms with van der Waals surface area (Å²) in [5.41, 5.74) is 4.34. The molecule has 18 heavy (non-hydrogen) atoms. The molecule has 0 spiro atoms. The van der Waals surface area contributed by atoms with Crippen LogP contribution >= 0.6 is 0 Å². The molecule has 1 aliphatic rings. The third-order valence-corrected chi connectivity index (χ3v) is 4.14. The first-order chi connectivity index (χ1) is 8.54. The molecule has 0 amide bonds. The van der Waals surface area contributed by atoms with E-state index in [-0.39, 0.29) is 0 Å². The van der Waals surface area contributed by atoms with Gasteiger partial charge in [-0.05, 0) is 57.1 Å². The van der Waals surface area contributed by atoms with Crippen molar-refractivity contribution in [1.29, 1.82) is 0 Å². The van der Waals surface area contributed by atoms with Crippen LogP contribution in [-0.4, -0.2) is 12.6 Å². The lowest BCUT2D eigenvalue weighted by molar-refractivity contribution is 0.168. The molecular weight excluding hydrogens is 218 g/mol. The summed E-state index contributed by atoms with van der Waals surface area (Å²) >= 11 is 0. The van der Waals surface area contributed by atoms with Gasteiger partial charge in [-0.1, -0.05) is 43.2 Å². The highest BCUT2D eigenvalue weighted by Gasteiger charge is 2.30. The molecule has 0 radical (unpaired) electrons. The topological polar surface area (TPSA) is 12.0 Å². The number of hydrogen-bond donors (Lipinski definition) is 1. The van der Waals surface area contributed by atoms with Crippen LogP contribution in [-0.2, 0) is 6.42 Å². The van der Waals surface area contributed by atoms with Gasteiger partial charge in [-0.3, -0.25) is 0 Å². The van der Waals surface area contributed by atoms with E-state index in [9.17, 15) is 0 Å². The average molecular weight is 245 g/mol. The van der Waals surface area contributed by atoms with Gasteiger partial charge in [0.05, 0.1) is 0 Å². The number of hydrogen-bond acceptors (Lipinski definition) is 1. The number of benzene rings is 1. The Kier molecular flexibility index (Phi) is 4.45. The predicted molar refractivity (Wildman–Crippen MR) is 79.0 cm³/mol. The Hall–Kier alpha value is -0.820. The molecule has 0 aliphatic heterocycles. The van der Waals surface area contributed by atoms with E-state index in [0.717, 1.165) is 11.8 Å². The van der Waals surface area contributed by atoms with E-state index < -0.39 is 0 Å². The zero-order valence-electron chi connectivity index (χ0n) is 12.3. The first-order valence-corrected chi connectivity index (χ1v) is 7.35. The van der Waals surface area contributed by atoms with Crippen LogP contribution in [0.5, 0.6) is 0 Å². The Labute approximate surface area is 112 Å². The quantitative estimate of drug-likeness (QED) is 0.830. The molecule has 2 rings (SSSR count). The first kappa shape index (κ1) is 13.6. The summed E-state index contributed by atoms with van der Waals surface area (Å²) < 4.78 is 0. The fraction of sp³-hybridized carbons (Fsp3) is 0.647. The van der Waals surface area contributed by atoms with Crippen LogP contribution in [0.25, 0.3) is 0 Å². The lowest BCUT2D eigenvalue weighted by Gasteiger charge is -2.37. The van der Waals surface area contributed by atoms with E-state index in [4.69, 9.17) is 0 Å². The van der Waals surface area contributed by atoms with Gasteiger partial charge >= 0.3 is 0 Å². The van der Waals surface area contributed by atoms with Crippen LogP contribution in [0.1, 0.15) is 43.4 Å². The Balaban J connectivity index is 1.89. The molecule has 0 saturated heterocycles. The minimum atomic E-state index is 0.618. The van der Waals surface area contributed by atoms with Gasteiger partial charge in [0, 0.05) is 6.04 Å². The Morgan fingerprint density at radius 3 is 2.17 bits per heavy atom. The molecule has 1 heteroatoms. The largest absolute Gasteiger partial charge is 0.314 e. The van der Waals surface area contributed by atoms with Crippen molar-refractivity contribution in [3.63, 3.8) is 0 Å². The summed E-state index contributed by atoms with van der Waals surface area (Å²) in [5.74, 6) is 1.80. The second kappa shape index (κ2) is 5.88. The first-order valence-electron chi connectivity index (χ1n) is 7.35. The van der Waals surface area contributed by atoms with Gasteiger partial charge in [-0.25, -0.2) is 0 Å². The van der Waals surface area contributed by atoms with Crippen LogP contribution in [0.2, 0.25) is 0 Å². The van der Waals surface area contributed by atoms with Gasteiger partial charge in [-0.15, -0.1) is 0 Å². The van der Waals surface area contributed by atoms with E-state index in [2.05, 4.69) is 51.2 Å². The standard InChI is InChI=1S/C17H27N/c1-12(2)18-11-17-6-5-16(17)10-15-8-13(3)7-14(4)9-15/h7-9,12,16-18H,5-6,10-11H2,1-4H3. The lowest BCUT2D eigenvalue weighted by Crippen LogP contribution is -2.38. The molecule has 0 bridgehead atoms. The van der Waals surface area contributed by atoms with E-state index in [1.807, 2.05) is 0 Å². The molecule has 0 aromatic heterocycles. The second-order valence-electron chi connectivity index (χ2n) is 6.36. The van der Waals surface area contributed by atoms with Gasteiger partial charge in [-0.2, -0.15) is 0 Å². The number of rotatable bonds is 5. The minimum absolute atomic E-state index is 0.618. The molecule has 1 N–H and O–H groups in total. The van der Waals surface area contributed by atoms with Gasteiger partial charge in [0.2, 0.25) is 0 Å². The van der Waals surface area contributed by atoms with Crippen LogP contribution in [0.15, 0.2) is 18.2 Å².